The van der Waals surface area contributed by atoms with Crippen molar-refractivity contribution in [3.63, 3.8) is 0 Å². The zero-order valence-electron chi connectivity index (χ0n) is 11.8. The molecule has 0 spiro atoms. The molecule has 0 radical (unpaired) electrons. The van der Waals surface area contributed by atoms with Gasteiger partial charge in [-0.3, -0.25) is 9.78 Å². The predicted octanol–water partition coefficient (Wildman–Crippen LogP) is 3.33. The highest BCUT2D eigenvalue weighted by molar-refractivity contribution is 9.09. The lowest BCUT2D eigenvalue weighted by molar-refractivity contribution is 0.0690. The standard InChI is InChI=1S/C15H21BrN2O/c1-10-4-5-14(12(3)17-10)15(19)18-8-6-13(7-9-18)11(2)16/h4-5,11,13H,6-9H2,1-3H3. The van der Waals surface area contributed by atoms with Gasteiger partial charge in [0.1, 0.15) is 0 Å². The van der Waals surface area contributed by atoms with E-state index in [2.05, 4.69) is 27.8 Å². The Morgan fingerprint density at radius 2 is 2.00 bits per heavy atom. The lowest BCUT2D eigenvalue weighted by Crippen LogP contribution is -2.40. The summed E-state index contributed by atoms with van der Waals surface area (Å²) in [5, 5.41) is 0. The van der Waals surface area contributed by atoms with Crippen LogP contribution in [-0.2, 0) is 0 Å². The van der Waals surface area contributed by atoms with E-state index in [0.29, 0.717) is 10.7 Å². The number of aromatic nitrogens is 1. The zero-order valence-corrected chi connectivity index (χ0v) is 13.4. The van der Waals surface area contributed by atoms with Crippen molar-refractivity contribution < 1.29 is 4.79 Å². The topological polar surface area (TPSA) is 33.2 Å². The van der Waals surface area contributed by atoms with E-state index in [-0.39, 0.29) is 5.91 Å². The molecule has 0 aliphatic carbocycles. The van der Waals surface area contributed by atoms with Crippen LogP contribution in [0.3, 0.4) is 0 Å². The van der Waals surface area contributed by atoms with Crippen LogP contribution in [0.4, 0.5) is 0 Å². The van der Waals surface area contributed by atoms with Crippen LogP contribution < -0.4 is 0 Å². The van der Waals surface area contributed by atoms with Crippen molar-refractivity contribution in [2.45, 2.75) is 38.4 Å². The largest absolute Gasteiger partial charge is 0.339 e. The van der Waals surface area contributed by atoms with Crippen molar-refractivity contribution in [1.82, 2.24) is 9.88 Å². The molecule has 1 atom stereocenters. The maximum Gasteiger partial charge on any atom is 0.255 e. The van der Waals surface area contributed by atoms with Crippen molar-refractivity contribution in [3.8, 4) is 0 Å². The predicted molar refractivity (Wildman–Crippen MR) is 80.7 cm³/mol. The summed E-state index contributed by atoms with van der Waals surface area (Å²) in [6.07, 6.45) is 2.16. The third-order valence-electron chi connectivity index (χ3n) is 3.93. The van der Waals surface area contributed by atoms with Crippen molar-refractivity contribution in [1.29, 1.82) is 0 Å². The SMILES string of the molecule is Cc1ccc(C(=O)N2CCC(C(C)Br)CC2)c(C)n1. The van der Waals surface area contributed by atoms with Gasteiger partial charge in [-0.15, -0.1) is 0 Å². The van der Waals surface area contributed by atoms with Gasteiger partial charge in [0.05, 0.1) is 11.3 Å². The second kappa shape index (κ2) is 6.04. The number of aryl methyl sites for hydroxylation is 2. The van der Waals surface area contributed by atoms with E-state index in [0.717, 1.165) is 42.9 Å². The Kier molecular flexibility index (Phi) is 4.61. The number of hydrogen-bond acceptors (Lipinski definition) is 2. The van der Waals surface area contributed by atoms with E-state index in [9.17, 15) is 4.79 Å². The van der Waals surface area contributed by atoms with Gasteiger partial charge in [-0.25, -0.2) is 0 Å². The second-order valence-electron chi connectivity index (χ2n) is 5.39. The number of halogens is 1. The summed E-state index contributed by atoms with van der Waals surface area (Å²) in [5.74, 6) is 0.812. The molecule has 19 heavy (non-hydrogen) atoms. The minimum absolute atomic E-state index is 0.130. The van der Waals surface area contributed by atoms with Gasteiger partial charge in [-0.05, 0) is 44.7 Å². The summed E-state index contributed by atoms with van der Waals surface area (Å²) < 4.78 is 0. The summed E-state index contributed by atoms with van der Waals surface area (Å²) in [5.41, 5.74) is 2.54. The molecule has 2 rings (SSSR count). The van der Waals surface area contributed by atoms with Crippen molar-refractivity contribution >= 4 is 21.8 Å². The molecule has 4 heteroatoms. The number of nitrogens with zero attached hydrogens (tertiary/aromatic N) is 2. The highest BCUT2D eigenvalue weighted by Gasteiger charge is 2.26. The first-order chi connectivity index (χ1) is 8.99. The number of carbonyl (C=O) groups is 1. The number of amides is 1. The molecule has 104 valence electrons. The van der Waals surface area contributed by atoms with Gasteiger partial charge in [0.25, 0.3) is 5.91 Å². The van der Waals surface area contributed by atoms with Gasteiger partial charge < -0.3 is 4.90 Å². The van der Waals surface area contributed by atoms with Crippen LogP contribution in [-0.4, -0.2) is 33.7 Å². The second-order valence-corrected chi connectivity index (χ2v) is 6.84. The van der Waals surface area contributed by atoms with E-state index >= 15 is 0 Å². The molecular formula is C15H21BrN2O. The third kappa shape index (κ3) is 3.35. The first kappa shape index (κ1) is 14.5. The molecule has 1 saturated heterocycles. The first-order valence-corrected chi connectivity index (χ1v) is 7.78. The molecule has 3 nitrogen and oxygen atoms in total. The number of pyridine rings is 1. The summed E-state index contributed by atoms with van der Waals surface area (Å²) in [7, 11) is 0. The smallest absolute Gasteiger partial charge is 0.255 e. The average molecular weight is 325 g/mol. The Labute approximate surface area is 123 Å². The molecule has 1 unspecified atom stereocenters. The molecule has 1 fully saturated rings. The maximum absolute atomic E-state index is 12.5. The van der Waals surface area contributed by atoms with Crippen LogP contribution >= 0.6 is 15.9 Å². The maximum atomic E-state index is 12.5. The van der Waals surface area contributed by atoms with Crippen molar-refractivity contribution in [2.75, 3.05) is 13.1 Å². The molecule has 1 aromatic rings. The number of hydrogen-bond donors (Lipinski definition) is 0. The number of alkyl halides is 1. The molecule has 1 aromatic heterocycles. The van der Waals surface area contributed by atoms with Crippen LogP contribution in [0.2, 0.25) is 0 Å². The van der Waals surface area contributed by atoms with Gasteiger partial charge in [-0.1, -0.05) is 22.9 Å². The van der Waals surface area contributed by atoms with Gasteiger partial charge in [-0.2, -0.15) is 0 Å². The molecule has 0 bridgehead atoms. The molecule has 1 aliphatic rings. The summed E-state index contributed by atoms with van der Waals surface area (Å²) in [4.78, 5) is 19.4. The molecule has 0 saturated carbocycles. The Bertz CT molecular complexity index is 465. The minimum Gasteiger partial charge on any atom is -0.339 e. The van der Waals surface area contributed by atoms with E-state index in [1.807, 2.05) is 30.9 Å². The normalized spacial score (nSPS) is 18.4. The number of carbonyl (C=O) groups excluding carboxylic acids is 1. The highest BCUT2D eigenvalue weighted by atomic mass is 79.9. The van der Waals surface area contributed by atoms with E-state index in [4.69, 9.17) is 0 Å². The first-order valence-electron chi connectivity index (χ1n) is 6.86. The Morgan fingerprint density at radius 1 is 1.37 bits per heavy atom. The minimum atomic E-state index is 0.130. The molecule has 1 amide bonds. The van der Waals surface area contributed by atoms with Gasteiger partial charge >= 0.3 is 0 Å². The van der Waals surface area contributed by atoms with E-state index < -0.39 is 0 Å². The van der Waals surface area contributed by atoms with E-state index in [1.54, 1.807) is 0 Å². The van der Waals surface area contributed by atoms with Gasteiger partial charge in [0.15, 0.2) is 0 Å². The van der Waals surface area contributed by atoms with Crippen LogP contribution in [0.1, 0.15) is 41.5 Å². The third-order valence-corrected chi connectivity index (χ3v) is 4.68. The van der Waals surface area contributed by atoms with Crippen LogP contribution in [0.25, 0.3) is 0 Å². The summed E-state index contributed by atoms with van der Waals surface area (Å²) in [6, 6.07) is 3.81. The Hall–Kier alpha value is -0.900. The van der Waals surface area contributed by atoms with Gasteiger partial charge in [0.2, 0.25) is 0 Å². The quantitative estimate of drug-likeness (QED) is 0.782. The summed E-state index contributed by atoms with van der Waals surface area (Å²) in [6.45, 7) is 7.76. The fraction of sp³-hybridized carbons (Fsp3) is 0.600. The van der Waals surface area contributed by atoms with Crippen molar-refractivity contribution in [3.05, 3.63) is 29.1 Å². The number of piperidine rings is 1. The summed E-state index contributed by atoms with van der Waals surface area (Å²) >= 11 is 3.64. The average Bonchev–Trinajstić information content (AvgIpc) is 2.38. The monoisotopic (exact) mass is 324 g/mol. The van der Waals surface area contributed by atoms with Crippen LogP contribution in [0.15, 0.2) is 12.1 Å². The Morgan fingerprint density at radius 3 is 2.53 bits per heavy atom. The molecule has 2 heterocycles. The van der Waals surface area contributed by atoms with E-state index in [1.165, 1.54) is 0 Å². The number of likely N-dealkylation sites (tertiary alicyclic amines) is 1. The highest BCUT2D eigenvalue weighted by Crippen LogP contribution is 2.26. The van der Waals surface area contributed by atoms with Gasteiger partial charge in [0, 0.05) is 23.6 Å². The van der Waals surface area contributed by atoms with Crippen LogP contribution in [0.5, 0.6) is 0 Å². The molecule has 0 aromatic carbocycles. The van der Waals surface area contributed by atoms with Crippen molar-refractivity contribution in [2.24, 2.45) is 5.92 Å². The molecular weight excluding hydrogens is 304 g/mol. The zero-order chi connectivity index (χ0) is 14.0. The van der Waals surface area contributed by atoms with Crippen LogP contribution in [0, 0.1) is 19.8 Å². The fourth-order valence-electron chi connectivity index (χ4n) is 2.64. The molecule has 1 aliphatic heterocycles. The lowest BCUT2D eigenvalue weighted by atomic mass is 9.94. The fourth-order valence-corrected chi connectivity index (χ4v) is 3.17. The Balaban J connectivity index is 2.05. The number of rotatable bonds is 2. The lowest BCUT2D eigenvalue weighted by Gasteiger charge is -2.33. The molecule has 0 N–H and O–H groups in total.